The maximum Gasteiger partial charge on any atom is 0.0220 e. The lowest BCUT2D eigenvalue weighted by atomic mass is 9.80. The van der Waals surface area contributed by atoms with Gasteiger partial charge in [0.25, 0.3) is 0 Å². The van der Waals surface area contributed by atoms with Crippen molar-refractivity contribution in [3.05, 3.63) is 0 Å². The van der Waals surface area contributed by atoms with Gasteiger partial charge in [-0.2, -0.15) is 0 Å². The van der Waals surface area contributed by atoms with Gasteiger partial charge >= 0.3 is 0 Å². The fourth-order valence-electron chi connectivity index (χ4n) is 2.87. The Kier molecular flexibility index (Phi) is 7.06. The van der Waals surface area contributed by atoms with E-state index in [1.165, 1.54) is 57.8 Å². The van der Waals surface area contributed by atoms with Crippen molar-refractivity contribution in [1.29, 1.82) is 0 Å². The molecule has 0 amide bonds. The third kappa shape index (κ3) is 4.84. The average molecular weight is 226 g/mol. The van der Waals surface area contributed by atoms with Gasteiger partial charge in [0.1, 0.15) is 0 Å². The predicted molar refractivity (Wildman–Crippen MR) is 71.3 cm³/mol. The minimum atomic E-state index is 0.236. The first-order valence-corrected chi connectivity index (χ1v) is 7.27. The van der Waals surface area contributed by atoms with E-state index < -0.39 is 0 Å². The molecule has 1 fully saturated rings. The van der Waals surface area contributed by atoms with Crippen LogP contribution in [0.25, 0.3) is 0 Å². The van der Waals surface area contributed by atoms with Crippen molar-refractivity contribution in [1.82, 2.24) is 0 Å². The quantitative estimate of drug-likeness (QED) is 0.655. The van der Waals surface area contributed by atoms with E-state index in [4.69, 9.17) is 11.5 Å². The lowest BCUT2D eigenvalue weighted by molar-refractivity contribution is 0.269. The largest absolute Gasteiger partial charge is 0.326 e. The zero-order valence-corrected chi connectivity index (χ0v) is 11.0. The molecule has 1 aliphatic carbocycles. The van der Waals surface area contributed by atoms with Gasteiger partial charge in [-0.05, 0) is 25.2 Å². The molecule has 1 saturated carbocycles. The second kappa shape index (κ2) is 8.08. The van der Waals surface area contributed by atoms with Crippen LogP contribution in [0.15, 0.2) is 0 Å². The first-order valence-electron chi connectivity index (χ1n) is 7.27. The summed E-state index contributed by atoms with van der Waals surface area (Å²) in [7, 11) is 0. The lowest BCUT2D eigenvalue weighted by Crippen LogP contribution is -2.47. The van der Waals surface area contributed by atoms with E-state index in [0.29, 0.717) is 5.92 Å². The van der Waals surface area contributed by atoms with Crippen molar-refractivity contribution >= 4 is 0 Å². The smallest absolute Gasteiger partial charge is 0.0220 e. The summed E-state index contributed by atoms with van der Waals surface area (Å²) in [4.78, 5) is 0. The van der Waals surface area contributed by atoms with Crippen LogP contribution in [0.5, 0.6) is 0 Å². The minimum Gasteiger partial charge on any atom is -0.326 e. The zero-order chi connectivity index (χ0) is 11.8. The second-order valence-corrected chi connectivity index (χ2v) is 5.49. The Morgan fingerprint density at radius 2 is 1.69 bits per heavy atom. The highest BCUT2D eigenvalue weighted by atomic mass is 14.8. The molecule has 0 aromatic rings. The molecule has 0 heterocycles. The monoisotopic (exact) mass is 226 g/mol. The summed E-state index contributed by atoms with van der Waals surface area (Å²) >= 11 is 0. The molecule has 0 aliphatic heterocycles. The molecule has 0 aromatic carbocycles. The van der Waals surface area contributed by atoms with Gasteiger partial charge < -0.3 is 11.5 Å². The third-order valence-corrected chi connectivity index (χ3v) is 4.08. The molecule has 1 rings (SSSR count). The third-order valence-electron chi connectivity index (χ3n) is 4.08. The summed E-state index contributed by atoms with van der Waals surface area (Å²) in [6, 6.07) is 0.488. The first-order chi connectivity index (χ1) is 7.75. The van der Waals surface area contributed by atoms with Crippen LogP contribution in [0.4, 0.5) is 0 Å². The second-order valence-electron chi connectivity index (χ2n) is 5.49. The summed E-state index contributed by atoms with van der Waals surface area (Å²) in [5, 5.41) is 0. The molecule has 0 bridgehead atoms. The SMILES string of the molecule is CCCCCCC(N)C(N)C1CCCCC1. The van der Waals surface area contributed by atoms with Crippen LogP contribution in [0.2, 0.25) is 0 Å². The Hall–Kier alpha value is -0.0800. The van der Waals surface area contributed by atoms with Crippen LogP contribution in [-0.4, -0.2) is 12.1 Å². The summed E-state index contributed by atoms with van der Waals surface area (Å²) < 4.78 is 0. The summed E-state index contributed by atoms with van der Waals surface area (Å²) in [6.07, 6.45) is 13.1. The van der Waals surface area contributed by atoms with Gasteiger partial charge in [-0.15, -0.1) is 0 Å². The van der Waals surface area contributed by atoms with E-state index in [1.807, 2.05) is 0 Å². The van der Waals surface area contributed by atoms with Crippen LogP contribution in [0.3, 0.4) is 0 Å². The van der Waals surface area contributed by atoms with Gasteiger partial charge in [-0.3, -0.25) is 0 Å². The van der Waals surface area contributed by atoms with Crippen molar-refractivity contribution in [3.63, 3.8) is 0 Å². The van der Waals surface area contributed by atoms with E-state index in [1.54, 1.807) is 0 Å². The summed E-state index contributed by atoms with van der Waals surface area (Å²) in [5.74, 6) is 0.704. The fourth-order valence-corrected chi connectivity index (χ4v) is 2.87. The molecule has 96 valence electrons. The van der Waals surface area contributed by atoms with Crippen molar-refractivity contribution in [2.75, 3.05) is 0 Å². The van der Waals surface area contributed by atoms with Crippen LogP contribution in [-0.2, 0) is 0 Å². The van der Waals surface area contributed by atoms with Crippen LogP contribution < -0.4 is 11.5 Å². The van der Waals surface area contributed by atoms with E-state index in [0.717, 1.165) is 6.42 Å². The summed E-state index contributed by atoms with van der Waals surface area (Å²) in [6.45, 7) is 2.24. The Labute approximate surface area is 101 Å². The minimum absolute atomic E-state index is 0.236. The number of unbranched alkanes of at least 4 members (excludes halogenated alkanes) is 3. The Balaban J connectivity index is 2.15. The number of hydrogen-bond acceptors (Lipinski definition) is 2. The molecule has 0 radical (unpaired) electrons. The Morgan fingerprint density at radius 1 is 1.00 bits per heavy atom. The molecular weight excluding hydrogens is 196 g/mol. The van der Waals surface area contributed by atoms with Crippen molar-refractivity contribution in [2.24, 2.45) is 17.4 Å². The van der Waals surface area contributed by atoms with Crippen molar-refractivity contribution < 1.29 is 0 Å². The van der Waals surface area contributed by atoms with Crippen LogP contribution in [0, 0.1) is 5.92 Å². The highest BCUT2D eigenvalue weighted by Gasteiger charge is 2.24. The molecule has 2 unspecified atom stereocenters. The van der Waals surface area contributed by atoms with E-state index in [2.05, 4.69) is 6.92 Å². The molecule has 2 nitrogen and oxygen atoms in total. The molecule has 2 heteroatoms. The van der Waals surface area contributed by atoms with Gasteiger partial charge in [0.05, 0.1) is 0 Å². The van der Waals surface area contributed by atoms with Crippen LogP contribution in [0.1, 0.15) is 71.1 Å². The van der Waals surface area contributed by atoms with E-state index in [-0.39, 0.29) is 12.1 Å². The molecule has 2 atom stereocenters. The van der Waals surface area contributed by atoms with Gasteiger partial charge in [-0.1, -0.05) is 51.9 Å². The standard InChI is InChI=1S/C14H30N2/c1-2-3-4-8-11-13(15)14(16)12-9-6-5-7-10-12/h12-14H,2-11,15-16H2,1H3. The normalized spacial score (nSPS) is 21.9. The molecule has 0 aromatic heterocycles. The van der Waals surface area contributed by atoms with E-state index in [9.17, 15) is 0 Å². The molecule has 0 spiro atoms. The number of rotatable bonds is 7. The molecule has 16 heavy (non-hydrogen) atoms. The van der Waals surface area contributed by atoms with Gasteiger partial charge in [0, 0.05) is 12.1 Å². The Morgan fingerprint density at radius 3 is 2.31 bits per heavy atom. The van der Waals surface area contributed by atoms with Gasteiger partial charge in [0.15, 0.2) is 0 Å². The fraction of sp³-hybridized carbons (Fsp3) is 1.00. The van der Waals surface area contributed by atoms with Gasteiger partial charge in [-0.25, -0.2) is 0 Å². The first kappa shape index (κ1) is 14.0. The van der Waals surface area contributed by atoms with Crippen molar-refractivity contribution in [2.45, 2.75) is 83.2 Å². The van der Waals surface area contributed by atoms with E-state index >= 15 is 0 Å². The average Bonchev–Trinajstić information content (AvgIpc) is 2.34. The molecule has 1 aliphatic rings. The van der Waals surface area contributed by atoms with Crippen molar-refractivity contribution in [3.8, 4) is 0 Å². The highest BCUT2D eigenvalue weighted by Crippen LogP contribution is 2.27. The van der Waals surface area contributed by atoms with Gasteiger partial charge in [0.2, 0.25) is 0 Å². The summed E-state index contributed by atoms with van der Waals surface area (Å²) in [5.41, 5.74) is 12.5. The Bertz CT molecular complexity index is 164. The molecule has 0 saturated heterocycles. The lowest BCUT2D eigenvalue weighted by Gasteiger charge is -2.31. The van der Waals surface area contributed by atoms with Crippen LogP contribution >= 0.6 is 0 Å². The highest BCUT2D eigenvalue weighted by molar-refractivity contribution is 4.84. The molecular formula is C14H30N2. The maximum absolute atomic E-state index is 6.28. The topological polar surface area (TPSA) is 52.0 Å². The number of nitrogens with two attached hydrogens (primary N) is 2. The predicted octanol–water partition coefficient (Wildman–Crippen LogP) is 3.19. The molecule has 4 N–H and O–H groups in total. The number of hydrogen-bond donors (Lipinski definition) is 2. The maximum atomic E-state index is 6.28. The zero-order valence-electron chi connectivity index (χ0n) is 11.0.